The molecule has 0 unspecified atom stereocenters. The molecule has 1 aliphatic carbocycles. The molecule has 0 radical (unpaired) electrons. The van der Waals surface area contributed by atoms with Gasteiger partial charge in [0.1, 0.15) is 0 Å². The van der Waals surface area contributed by atoms with E-state index in [0.717, 1.165) is 12.5 Å². The van der Waals surface area contributed by atoms with Gasteiger partial charge >= 0.3 is 0 Å². The van der Waals surface area contributed by atoms with E-state index in [1.807, 2.05) is 0 Å². The second kappa shape index (κ2) is 4.58. The van der Waals surface area contributed by atoms with Crippen molar-refractivity contribution in [3.63, 3.8) is 0 Å². The van der Waals surface area contributed by atoms with Crippen molar-refractivity contribution in [1.82, 2.24) is 5.32 Å². The average molecular weight is 260 g/mol. The molecule has 0 bridgehead atoms. The van der Waals surface area contributed by atoms with Crippen molar-refractivity contribution in [3.8, 4) is 0 Å². The number of rotatable bonds is 4. The molecule has 1 fully saturated rings. The molecule has 0 amide bonds. The molecule has 1 aliphatic rings. The standard InChI is InChI=1S/C10H14BrNS/c11-10-4-9(7-13-10)6-12-5-8-2-1-3-8/h4,7-8,12H,1-3,5-6H2. The minimum absolute atomic E-state index is 0.960. The smallest absolute Gasteiger partial charge is 0.0701 e. The Morgan fingerprint density at radius 1 is 1.54 bits per heavy atom. The lowest BCUT2D eigenvalue weighted by molar-refractivity contribution is 0.301. The van der Waals surface area contributed by atoms with E-state index in [-0.39, 0.29) is 0 Å². The Morgan fingerprint density at radius 3 is 2.92 bits per heavy atom. The van der Waals surface area contributed by atoms with Gasteiger partial charge < -0.3 is 5.32 Å². The van der Waals surface area contributed by atoms with Gasteiger partial charge in [0.05, 0.1) is 3.79 Å². The van der Waals surface area contributed by atoms with Crippen LogP contribution < -0.4 is 5.32 Å². The van der Waals surface area contributed by atoms with Crippen LogP contribution >= 0.6 is 27.3 Å². The van der Waals surface area contributed by atoms with E-state index >= 15 is 0 Å². The summed E-state index contributed by atoms with van der Waals surface area (Å²) in [4.78, 5) is 0. The molecule has 1 heterocycles. The van der Waals surface area contributed by atoms with E-state index in [9.17, 15) is 0 Å². The first-order chi connectivity index (χ1) is 6.34. The Hall–Kier alpha value is 0.140. The monoisotopic (exact) mass is 259 g/mol. The van der Waals surface area contributed by atoms with E-state index in [0.29, 0.717) is 0 Å². The highest BCUT2D eigenvalue weighted by molar-refractivity contribution is 9.11. The van der Waals surface area contributed by atoms with E-state index in [2.05, 4.69) is 32.7 Å². The first kappa shape index (κ1) is 9.69. The predicted molar refractivity (Wildman–Crippen MR) is 61.1 cm³/mol. The topological polar surface area (TPSA) is 12.0 Å². The van der Waals surface area contributed by atoms with Gasteiger partial charge in [0.2, 0.25) is 0 Å². The second-order valence-corrected chi connectivity index (χ2v) is 5.98. The highest BCUT2D eigenvalue weighted by atomic mass is 79.9. The summed E-state index contributed by atoms with van der Waals surface area (Å²) in [6, 6.07) is 2.19. The Morgan fingerprint density at radius 2 is 2.38 bits per heavy atom. The quantitative estimate of drug-likeness (QED) is 0.874. The summed E-state index contributed by atoms with van der Waals surface area (Å²) in [5.74, 6) is 0.960. The van der Waals surface area contributed by atoms with Gasteiger partial charge in [0, 0.05) is 6.54 Å². The third-order valence-corrected chi connectivity index (χ3v) is 4.16. The lowest BCUT2D eigenvalue weighted by atomic mass is 9.85. The molecule has 1 aromatic heterocycles. The number of hydrogen-bond acceptors (Lipinski definition) is 2. The fourth-order valence-corrected chi connectivity index (χ4v) is 2.77. The van der Waals surface area contributed by atoms with Crippen LogP contribution in [-0.4, -0.2) is 6.54 Å². The maximum Gasteiger partial charge on any atom is 0.0701 e. The van der Waals surface area contributed by atoms with Gasteiger partial charge in [0.15, 0.2) is 0 Å². The highest BCUT2D eigenvalue weighted by Gasteiger charge is 2.16. The van der Waals surface area contributed by atoms with Crippen LogP contribution in [0.5, 0.6) is 0 Å². The summed E-state index contributed by atoms with van der Waals surface area (Å²) in [6.07, 6.45) is 4.30. The number of halogens is 1. The molecule has 1 N–H and O–H groups in total. The molecule has 1 aromatic rings. The maximum absolute atomic E-state index is 3.50. The van der Waals surface area contributed by atoms with Crippen LogP contribution in [0.25, 0.3) is 0 Å². The Balaban J connectivity index is 1.67. The first-order valence-corrected chi connectivity index (χ1v) is 6.45. The first-order valence-electron chi connectivity index (χ1n) is 4.78. The zero-order valence-electron chi connectivity index (χ0n) is 7.55. The minimum Gasteiger partial charge on any atom is -0.312 e. The summed E-state index contributed by atoms with van der Waals surface area (Å²) >= 11 is 5.23. The van der Waals surface area contributed by atoms with Crippen LogP contribution in [0.4, 0.5) is 0 Å². The van der Waals surface area contributed by atoms with Gasteiger partial charge in [0.25, 0.3) is 0 Å². The summed E-state index contributed by atoms with van der Waals surface area (Å²) < 4.78 is 1.23. The molecule has 1 saturated carbocycles. The fourth-order valence-electron chi connectivity index (χ4n) is 1.56. The van der Waals surface area contributed by atoms with Gasteiger partial charge in [-0.25, -0.2) is 0 Å². The molecule has 13 heavy (non-hydrogen) atoms. The van der Waals surface area contributed by atoms with Gasteiger partial charge in [-0.05, 0) is 58.2 Å². The molecule has 0 saturated heterocycles. The SMILES string of the molecule is Brc1cc(CNCC2CCC2)cs1. The summed E-state index contributed by atoms with van der Waals surface area (Å²) in [5, 5.41) is 5.71. The van der Waals surface area contributed by atoms with Crippen LogP contribution in [0, 0.1) is 5.92 Å². The minimum atomic E-state index is 0.960. The normalized spacial score (nSPS) is 17.3. The zero-order chi connectivity index (χ0) is 9.10. The lowest BCUT2D eigenvalue weighted by Gasteiger charge is -2.25. The lowest BCUT2D eigenvalue weighted by Crippen LogP contribution is -2.26. The average Bonchev–Trinajstić information content (AvgIpc) is 2.42. The molecule has 1 nitrogen and oxygen atoms in total. The van der Waals surface area contributed by atoms with Crippen LogP contribution in [0.1, 0.15) is 24.8 Å². The van der Waals surface area contributed by atoms with Crippen LogP contribution in [0.3, 0.4) is 0 Å². The Labute approximate surface area is 91.7 Å². The molecule has 72 valence electrons. The van der Waals surface area contributed by atoms with E-state index in [1.54, 1.807) is 11.3 Å². The molecule has 2 rings (SSSR count). The van der Waals surface area contributed by atoms with Crippen molar-refractivity contribution in [2.45, 2.75) is 25.8 Å². The third kappa shape index (κ3) is 2.79. The van der Waals surface area contributed by atoms with E-state index < -0.39 is 0 Å². The maximum atomic E-state index is 3.50. The third-order valence-electron chi connectivity index (χ3n) is 2.61. The number of thiophene rings is 1. The summed E-state index contributed by atoms with van der Waals surface area (Å²) in [7, 11) is 0. The Bertz CT molecular complexity index is 268. The Kier molecular flexibility index (Phi) is 3.41. The molecular formula is C10H14BrNS. The summed E-state index contributed by atoms with van der Waals surface area (Å²) in [6.45, 7) is 2.23. The largest absolute Gasteiger partial charge is 0.312 e. The number of nitrogens with one attached hydrogen (secondary N) is 1. The van der Waals surface area contributed by atoms with Gasteiger partial charge in [-0.2, -0.15) is 0 Å². The fraction of sp³-hybridized carbons (Fsp3) is 0.600. The number of hydrogen-bond donors (Lipinski definition) is 1. The van der Waals surface area contributed by atoms with Crippen LogP contribution in [0.2, 0.25) is 0 Å². The zero-order valence-corrected chi connectivity index (χ0v) is 9.96. The predicted octanol–water partition coefficient (Wildman–Crippen LogP) is 3.40. The summed E-state index contributed by atoms with van der Waals surface area (Å²) in [5.41, 5.74) is 1.40. The van der Waals surface area contributed by atoms with Crippen molar-refractivity contribution in [1.29, 1.82) is 0 Å². The van der Waals surface area contributed by atoms with Crippen molar-refractivity contribution >= 4 is 27.3 Å². The van der Waals surface area contributed by atoms with Gasteiger partial charge in [-0.15, -0.1) is 11.3 Å². The van der Waals surface area contributed by atoms with Gasteiger partial charge in [-0.3, -0.25) is 0 Å². The van der Waals surface area contributed by atoms with Crippen LogP contribution in [-0.2, 0) is 6.54 Å². The van der Waals surface area contributed by atoms with Gasteiger partial charge in [-0.1, -0.05) is 6.42 Å². The van der Waals surface area contributed by atoms with Crippen LogP contribution in [0.15, 0.2) is 15.2 Å². The molecule has 0 spiro atoms. The van der Waals surface area contributed by atoms with Crippen molar-refractivity contribution in [2.75, 3.05) is 6.54 Å². The van der Waals surface area contributed by atoms with Crippen molar-refractivity contribution in [2.24, 2.45) is 5.92 Å². The molecule has 3 heteroatoms. The van der Waals surface area contributed by atoms with E-state index in [1.165, 1.54) is 35.2 Å². The van der Waals surface area contributed by atoms with Crippen molar-refractivity contribution < 1.29 is 0 Å². The molecular weight excluding hydrogens is 246 g/mol. The van der Waals surface area contributed by atoms with Crippen molar-refractivity contribution in [3.05, 3.63) is 20.8 Å². The molecule has 0 aromatic carbocycles. The molecule has 0 aliphatic heterocycles. The second-order valence-electron chi connectivity index (χ2n) is 3.69. The highest BCUT2D eigenvalue weighted by Crippen LogP contribution is 2.25. The van der Waals surface area contributed by atoms with E-state index in [4.69, 9.17) is 0 Å². The molecule has 0 atom stereocenters.